The highest BCUT2D eigenvalue weighted by molar-refractivity contribution is 5.89. The minimum absolute atomic E-state index is 0.0693. The minimum atomic E-state index is -0.0693. The fraction of sp³-hybridized carbons (Fsp3) is 0.385. The third-order valence-corrected chi connectivity index (χ3v) is 6.39. The van der Waals surface area contributed by atoms with Crippen LogP contribution in [-0.4, -0.2) is 46.8 Å². The Balaban J connectivity index is 1.22. The molecule has 1 saturated heterocycles. The lowest BCUT2D eigenvalue weighted by atomic mass is 9.94. The van der Waals surface area contributed by atoms with E-state index < -0.39 is 0 Å². The van der Waals surface area contributed by atoms with Crippen molar-refractivity contribution in [3.8, 4) is 11.5 Å². The highest BCUT2D eigenvalue weighted by Gasteiger charge is 2.26. The number of hydrogen-bond donors (Lipinski definition) is 1. The molecular weight excluding hydrogens is 416 g/mol. The molecule has 1 atom stereocenters. The summed E-state index contributed by atoms with van der Waals surface area (Å²) in [6.45, 7) is 5.50. The third kappa shape index (κ3) is 4.97. The number of imidazole rings is 1. The SMILES string of the molecule is Cc1cnc(CC2CCCN(C(=O)Nc3ccc4c(c3)OCCO4)C2)n1Cc1ccccc1. The quantitative estimate of drug-likeness (QED) is 0.627. The summed E-state index contributed by atoms with van der Waals surface area (Å²) in [5.41, 5.74) is 3.15. The molecule has 5 rings (SSSR count). The van der Waals surface area contributed by atoms with Gasteiger partial charge in [-0.3, -0.25) is 0 Å². The molecule has 0 spiro atoms. The largest absolute Gasteiger partial charge is 0.486 e. The molecule has 3 aromatic rings. The second kappa shape index (κ2) is 9.57. The average Bonchev–Trinajstić information content (AvgIpc) is 3.18. The summed E-state index contributed by atoms with van der Waals surface area (Å²) in [6, 6.07) is 15.9. The number of fused-ring (bicyclic) bond motifs is 1. The van der Waals surface area contributed by atoms with Crippen molar-refractivity contribution >= 4 is 11.7 Å². The van der Waals surface area contributed by atoms with Crippen LogP contribution < -0.4 is 14.8 Å². The van der Waals surface area contributed by atoms with Crippen LogP contribution in [0.5, 0.6) is 11.5 Å². The van der Waals surface area contributed by atoms with Gasteiger partial charge in [-0.2, -0.15) is 0 Å². The van der Waals surface area contributed by atoms with Crippen LogP contribution >= 0.6 is 0 Å². The number of likely N-dealkylation sites (tertiary alicyclic amines) is 1. The first-order valence-corrected chi connectivity index (χ1v) is 11.7. The van der Waals surface area contributed by atoms with E-state index in [9.17, 15) is 4.79 Å². The molecule has 0 aliphatic carbocycles. The molecule has 1 fully saturated rings. The number of benzene rings is 2. The van der Waals surface area contributed by atoms with Crippen LogP contribution in [0.1, 0.15) is 29.9 Å². The summed E-state index contributed by atoms with van der Waals surface area (Å²) in [4.78, 5) is 19.6. The number of aryl methyl sites for hydroxylation is 1. The van der Waals surface area contributed by atoms with Crippen LogP contribution in [0.15, 0.2) is 54.7 Å². The van der Waals surface area contributed by atoms with Crippen molar-refractivity contribution in [2.75, 3.05) is 31.6 Å². The topological polar surface area (TPSA) is 68.6 Å². The number of urea groups is 1. The molecule has 1 N–H and O–H groups in total. The van der Waals surface area contributed by atoms with E-state index >= 15 is 0 Å². The first-order valence-electron chi connectivity index (χ1n) is 11.7. The fourth-order valence-electron chi connectivity index (χ4n) is 4.65. The molecule has 7 heteroatoms. The lowest BCUT2D eigenvalue weighted by Gasteiger charge is -2.33. The van der Waals surface area contributed by atoms with Gasteiger partial charge in [0, 0.05) is 49.7 Å². The lowest BCUT2D eigenvalue weighted by molar-refractivity contribution is 0.171. The minimum Gasteiger partial charge on any atom is -0.486 e. The number of rotatable bonds is 5. The van der Waals surface area contributed by atoms with Crippen molar-refractivity contribution in [1.29, 1.82) is 0 Å². The number of carbonyl (C=O) groups is 1. The lowest BCUT2D eigenvalue weighted by Crippen LogP contribution is -2.43. The van der Waals surface area contributed by atoms with E-state index in [1.165, 1.54) is 5.56 Å². The molecule has 1 aromatic heterocycles. The molecule has 2 aliphatic heterocycles. The summed E-state index contributed by atoms with van der Waals surface area (Å²) in [5, 5.41) is 3.02. The second-order valence-electron chi connectivity index (χ2n) is 8.83. The van der Waals surface area contributed by atoms with Gasteiger partial charge in [0.25, 0.3) is 0 Å². The van der Waals surface area contributed by atoms with E-state index in [1.54, 1.807) is 0 Å². The van der Waals surface area contributed by atoms with Crippen molar-refractivity contribution in [1.82, 2.24) is 14.5 Å². The number of carbonyl (C=O) groups excluding carboxylic acids is 1. The molecule has 0 bridgehead atoms. The molecule has 7 nitrogen and oxygen atoms in total. The van der Waals surface area contributed by atoms with Crippen molar-refractivity contribution in [3.63, 3.8) is 0 Å². The van der Waals surface area contributed by atoms with Crippen LogP contribution in [0.4, 0.5) is 10.5 Å². The van der Waals surface area contributed by atoms with Gasteiger partial charge in [0.1, 0.15) is 19.0 Å². The molecule has 2 aliphatic rings. The zero-order valence-electron chi connectivity index (χ0n) is 19.0. The van der Waals surface area contributed by atoms with E-state index in [2.05, 4.69) is 41.1 Å². The summed E-state index contributed by atoms with van der Waals surface area (Å²) in [6.07, 6.45) is 4.92. The van der Waals surface area contributed by atoms with Crippen LogP contribution in [0.25, 0.3) is 0 Å². The maximum Gasteiger partial charge on any atom is 0.321 e. The predicted molar refractivity (Wildman–Crippen MR) is 127 cm³/mol. The van der Waals surface area contributed by atoms with Gasteiger partial charge < -0.3 is 24.3 Å². The summed E-state index contributed by atoms with van der Waals surface area (Å²) in [7, 11) is 0. The predicted octanol–water partition coefficient (Wildman–Crippen LogP) is 4.50. The molecule has 1 unspecified atom stereocenters. The van der Waals surface area contributed by atoms with Crippen LogP contribution in [0.3, 0.4) is 0 Å². The van der Waals surface area contributed by atoms with Gasteiger partial charge in [-0.25, -0.2) is 9.78 Å². The Labute approximate surface area is 194 Å². The van der Waals surface area contributed by atoms with Gasteiger partial charge in [0.15, 0.2) is 11.5 Å². The number of aromatic nitrogens is 2. The first-order chi connectivity index (χ1) is 16.2. The average molecular weight is 447 g/mol. The summed E-state index contributed by atoms with van der Waals surface area (Å²) in [5.74, 6) is 2.88. The standard InChI is InChI=1S/C26H30N4O3/c1-19-16-27-25(30(19)18-20-6-3-2-4-7-20)14-21-8-5-11-29(17-21)26(31)28-22-9-10-23-24(15-22)33-13-12-32-23/h2-4,6-7,9-10,15-16,21H,5,8,11-14,17-18H2,1H3,(H,28,31). The molecule has 0 saturated carbocycles. The number of amides is 2. The van der Waals surface area contributed by atoms with E-state index in [0.29, 0.717) is 24.9 Å². The molecule has 2 amide bonds. The molecule has 2 aromatic carbocycles. The Morgan fingerprint density at radius 3 is 2.79 bits per heavy atom. The van der Waals surface area contributed by atoms with E-state index in [4.69, 9.17) is 14.5 Å². The van der Waals surface area contributed by atoms with Gasteiger partial charge in [-0.15, -0.1) is 0 Å². The number of nitrogens with zero attached hydrogens (tertiary/aromatic N) is 3. The number of anilines is 1. The van der Waals surface area contributed by atoms with Crippen molar-refractivity contribution < 1.29 is 14.3 Å². The Morgan fingerprint density at radius 1 is 1.12 bits per heavy atom. The molecule has 3 heterocycles. The van der Waals surface area contributed by atoms with Gasteiger partial charge in [-0.05, 0) is 43.4 Å². The Morgan fingerprint density at radius 2 is 1.94 bits per heavy atom. The Hall–Kier alpha value is -3.48. The van der Waals surface area contributed by atoms with Gasteiger partial charge >= 0.3 is 6.03 Å². The van der Waals surface area contributed by atoms with Crippen LogP contribution in [0.2, 0.25) is 0 Å². The number of nitrogens with one attached hydrogen (secondary N) is 1. The molecule has 33 heavy (non-hydrogen) atoms. The Bertz CT molecular complexity index is 1110. The van der Waals surface area contributed by atoms with Crippen LogP contribution in [-0.2, 0) is 13.0 Å². The van der Waals surface area contributed by atoms with Crippen molar-refractivity contribution in [2.24, 2.45) is 5.92 Å². The zero-order valence-corrected chi connectivity index (χ0v) is 19.0. The summed E-state index contributed by atoms with van der Waals surface area (Å²) < 4.78 is 13.5. The zero-order chi connectivity index (χ0) is 22.6. The second-order valence-corrected chi connectivity index (χ2v) is 8.83. The number of hydrogen-bond acceptors (Lipinski definition) is 4. The van der Waals surface area contributed by atoms with Crippen molar-refractivity contribution in [2.45, 2.75) is 32.7 Å². The van der Waals surface area contributed by atoms with Gasteiger partial charge in [0.2, 0.25) is 0 Å². The number of piperidine rings is 1. The monoisotopic (exact) mass is 446 g/mol. The maximum absolute atomic E-state index is 13.0. The number of ether oxygens (including phenoxy) is 2. The fourth-order valence-corrected chi connectivity index (χ4v) is 4.65. The van der Waals surface area contributed by atoms with Crippen molar-refractivity contribution in [3.05, 3.63) is 71.8 Å². The van der Waals surface area contributed by atoms with Gasteiger partial charge in [-0.1, -0.05) is 30.3 Å². The molecular formula is C26H30N4O3. The smallest absolute Gasteiger partial charge is 0.321 e. The highest BCUT2D eigenvalue weighted by Crippen LogP contribution is 2.33. The van der Waals surface area contributed by atoms with Crippen LogP contribution in [0, 0.1) is 12.8 Å². The normalized spacial score (nSPS) is 17.6. The summed E-state index contributed by atoms with van der Waals surface area (Å²) >= 11 is 0. The highest BCUT2D eigenvalue weighted by atomic mass is 16.6. The molecule has 172 valence electrons. The Kier molecular flexibility index (Phi) is 6.19. The van der Waals surface area contributed by atoms with E-state index in [-0.39, 0.29) is 6.03 Å². The van der Waals surface area contributed by atoms with E-state index in [1.807, 2.05) is 35.4 Å². The van der Waals surface area contributed by atoms with E-state index in [0.717, 1.165) is 61.9 Å². The van der Waals surface area contributed by atoms with Gasteiger partial charge in [0.05, 0.1) is 0 Å². The first kappa shape index (κ1) is 21.4. The third-order valence-electron chi connectivity index (χ3n) is 6.39. The molecule has 0 radical (unpaired) electrons. The maximum atomic E-state index is 13.0.